The number of aliphatic hydroxyl groups is 2. The molecular formula is C30H34N2O7. The number of fused-ring (bicyclic) bond motifs is 1. The van der Waals surface area contributed by atoms with E-state index in [4.69, 9.17) is 0 Å². The second kappa shape index (κ2) is 11.5. The van der Waals surface area contributed by atoms with Crippen LogP contribution >= 0.6 is 0 Å². The number of rotatable bonds is 9. The van der Waals surface area contributed by atoms with Gasteiger partial charge in [-0.25, -0.2) is 4.90 Å². The molecule has 1 heterocycles. The third kappa shape index (κ3) is 5.65. The number of aliphatic hydroxyl groups excluding tert-OH is 2. The molecular weight excluding hydrogens is 500 g/mol. The average Bonchev–Trinajstić information content (AvgIpc) is 3.15. The van der Waals surface area contributed by atoms with Crippen molar-refractivity contribution in [2.75, 3.05) is 11.5 Å². The molecule has 9 heteroatoms. The van der Waals surface area contributed by atoms with Crippen molar-refractivity contribution < 1.29 is 29.8 Å². The first-order valence-corrected chi connectivity index (χ1v) is 13.1. The van der Waals surface area contributed by atoms with Gasteiger partial charge in [-0.2, -0.15) is 0 Å². The highest BCUT2D eigenvalue weighted by Crippen LogP contribution is 2.49. The van der Waals surface area contributed by atoms with Crippen LogP contribution in [0.5, 0.6) is 5.75 Å². The summed E-state index contributed by atoms with van der Waals surface area (Å²) in [7, 11) is 0. The first kappa shape index (κ1) is 28.2. The molecule has 0 spiro atoms. The Kier molecular flexibility index (Phi) is 8.32. The fraction of sp³-hybridized carbons (Fsp3) is 0.400. The van der Waals surface area contributed by atoms with Crippen molar-refractivity contribution in [2.24, 2.45) is 23.7 Å². The molecule has 0 radical (unpaired) electrons. The predicted molar refractivity (Wildman–Crippen MR) is 147 cm³/mol. The number of carbonyl (C=O) groups excluding carboxylic acids is 2. The van der Waals surface area contributed by atoms with Gasteiger partial charge in [0.2, 0.25) is 11.8 Å². The van der Waals surface area contributed by atoms with Crippen LogP contribution in [-0.4, -0.2) is 44.8 Å². The van der Waals surface area contributed by atoms with E-state index in [1.54, 1.807) is 18.2 Å². The molecule has 4 atom stereocenters. The van der Waals surface area contributed by atoms with E-state index in [-0.39, 0.29) is 29.5 Å². The second-order valence-corrected chi connectivity index (χ2v) is 10.7. The maximum absolute atomic E-state index is 13.6. The summed E-state index contributed by atoms with van der Waals surface area (Å²) in [5, 5.41) is 42.9. The Morgan fingerprint density at radius 2 is 1.87 bits per heavy atom. The number of hydrogen-bond acceptors (Lipinski definition) is 7. The predicted octanol–water partition coefficient (Wildman–Crippen LogP) is 4.62. The lowest BCUT2D eigenvalue weighted by Crippen LogP contribution is -2.39. The summed E-state index contributed by atoms with van der Waals surface area (Å²) in [5.41, 5.74) is 3.21. The molecule has 2 aromatic rings. The van der Waals surface area contributed by atoms with Gasteiger partial charge in [0, 0.05) is 18.1 Å². The van der Waals surface area contributed by atoms with Gasteiger partial charge in [0.25, 0.3) is 5.69 Å². The number of non-ortho nitro benzene ring substituents is 1. The van der Waals surface area contributed by atoms with Crippen molar-refractivity contribution >= 4 is 29.3 Å². The van der Waals surface area contributed by atoms with E-state index in [0.29, 0.717) is 18.4 Å². The van der Waals surface area contributed by atoms with Gasteiger partial charge >= 0.3 is 0 Å². The number of hydrogen-bond donors (Lipinski definition) is 3. The summed E-state index contributed by atoms with van der Waals surface area (Å²) in [5.74, 6) is -3.14. The highest BCUT2D eigenvalue weighted by atomic mass is 16.6. The van der Waals surface area contributed by atoms with Crippen LogP contribution in [-0.2, 0) is 9.59 Å². The number of allylic oxidation sites excluding steroid dienone is 2. The number of nitro benzene ring substituents is 1. The molecule has 206 valence electrons. The van der Waals surface area contributed by atoms with Crippen molar-refractivity contribution in [2.45, 2.75) is 46.1 Å². The van der Waals surface area contributed by atoms with Crippen molar-refractivity contribution in [3.8, 4) is 5.75 Å². The van der Waals surface area contributed by atoms with E-state index >= 15 is 0 Å². The molecule has 1 aliphatic heterocycles. The Hall–Kier alpha value is -3.82. The van der Waals surface area contributed by atoms with Crippen molar-refractivity contribution in [1.29, 1.82) is 0 Å². The molecule has 2 amide bonds. The van der Waals surface area contributed by atoms with Crippen LogP contribution in [0, 0.1) is 33.8 Å². The summed E-state index contributed by atoms with van der Waals surface area (Å²) in [4.78, 5) is 38.8. The van der Waals surface area contributed by atoms with E-state index in [1.807, 2.05) is 32.9 Å². The fourth-order valence-corrected chi connectivity index (χ4v) is 5.94. The fourth-order valence-electron chi connectivity index (χ4n) is 5.94. The van der Waals surface area contributed by atoms with Gasteiger partial charge in [0.05, 0.1) is 35.2 Å². The molecule has 0 bridgehead atoms. The normalized spacial score (nSPS) is 22.5. The largest absolute Gasteiger partial charge is 0.508 e. The van der Waals surface area contributed by atoms with E-state index in [1.165, 1.54) is 24.3 Å². The molecule has 0 saturated carbocycles. The third-order valence-electron chi connectivity index (χ3n) is 7.77. The molecule has 1 aliphatic carbocycles. The van der Waals surface area contributed by atoms with Gasteiger partial charge in [-0.05, 0) is 61.4 Å². The summed E-state index contributed by atoms with van der Waals surface area (Å²) in [6.07, 6.45) is 2.19. The molecule has 0 aromatic heterocycles. The van der Waals surface area contributed by atoms with Gasteiger partial charge < -0.3 is 15.3 Å². The van der Waals surface area contributed by atoms with Crippen LogP contribution in [0.25, 0.3) is 6.08 Å². The van der Waals surface area contributed by atoms with E-state index in [9.17, 15) is 35.0 Å². The van der Waals surface area contributed by atoms with Crippen molar-refractivity contribution in [1.82, 2.24) is 0 Å². The zero-order valence-corrected chi connectivity index (χ0v) is 22.3. The van der Waals surface area contributed by atoms with Gasteiger partial charge in [-0.3, -0.25) is 19.7 Å². The lowest BCUT2D eigenvalue weighted by atomic mass is 9.66. The van der Waals surface area contributed by atoms with E-state index < -0.39 is 47.2 Å². The summed E-state index contributed by atoms with van der Waals surface area (Å²) in [6, 6.07) is 12.3. The third-order valence-corrected chi connectivity index (χ3v) is 7.77. The topological polar surface area (TPSA) is 141 Å². The number of nitro groups is 1. The minimum Gasteiger partial charge on any atom is -0.508 e. The number of nitrogens with zero attached hydrogens (tertiary/aromatic N) is 2. The maximum Gasteiger partial charge on any atom is 0.271 e. The lowest BCUT2D eigenvalue weighted by Gasteiger charge is -2.38. The van der Waals surface area contributed by atoms with Crippen LogP contribution in [0.15, 0.2) is 65.3 Å². The SMILES string of the molecule is C/C(=C\c1cccc(O)c1)CC[C@@H](O)C1=C(C(C)C)C[C@H]2C(=O)N(c3cccc([N+](=O)[O-])c3)C(=O)[C@H]2[C@H]1CO. The molecule has 1 saturated heterocycles. The van der Waals surface area contributed by atoms with Crippen molar-refractivity contribution in [3.05, 3.63) is 80.9 Å². The van der Waals surface area contributed by atoms with Crippen LogP contribution in [0.2, 0.25) is 0 Å². The summed E-state index contributed by atoms with van der Waals surface area (Å²) >= 11 is 0. The van der Waals surface area contributed by atoms with Crippen molar-refractivity contribution in [3.63, 3.8) is 0 Å². The van der Waals surface area contributed by atoms with Gasteiger partial charge in [-0.1, -0.05) is 49.3 Å². The Balaban J connectivity index is 1.61. The van der Waals surface area contributed by atoms with Crippen LogP contribution < -0.4 is 4.90 Å². The Labute approximate surface area is 227 Å². The number of phenolic OH excluding ortho intramolecular Hbond substituents is 1. The number of aromatic hydroxyl groups is 1. The maximum atomic E-state index is 13.6. The number of carbonyl (C=O) groups is 2. The Bertz CT molecular complexity index is 1350. The van der Waals surface area contributed by atoms with Crippen LogP contribution in [0.4, 0.5) is 11.4 Å². The minimum absolute atomic E-state index is 0.0247. The monoisotopic (exact) mass is 534 g/mol. The Morgan fingerprint density at radius 1 is 1.15 bits per heavy atom. The molecule has 2 aliphatic rings. The van der Waals surface area contributed by atoms with Gasteiger partial charge in [0.1, 0.15) is 5.75 Å². The second-order valence-electron chi connectivity index (χ2n) is 10.7. The van der Waals surface area contributed by atoms with E-state index in [2.05, 4.69) is 0 Å². The molecule has 1 fully saturated rings. The zero-order chi connectivity index (χ0) is 28.4. The minimum atomic E-state index is -0.928. The Morgan fingerprint density at radius 3 is 2.51 bits per heavy atom. The van der Waals surface area contributed by atoms with E-state index in [0.717, 1.165) is 21.6 Å². The smallest absolute Gasteiger partial charge is 0.271 e. The molecule has 39 heavy (non-hydrogen) atoms. The molecule has 9 nitrogen and oxygen atoms in total. The molecule has 4 rings (SSSR count). The standard InChI is InChI=1S/C30H34N2O7/c1-17(2)23-15-24-28(30(37)31(29(24)36)20-7-5-8-21(14-20)32(38)39)25(16-33)27(23)26(35)11-10-18(3)12-19-6-4-9-22(34)13-19/h4-9,12-14,17,24-26,28,33-35H,10-11,15-16H2,1-3H3/b18-12+/t24-,25+,26-,28-/m1/s1. The first-order chi connectivity index (χ1) is 18.5. The average molecular weight is 535 g/mol. The number of anilines is 1. The highest BCUT2D eigenvalue weighted by molar-refractivity contribution is 6.22. The zero-order valence-electron chi connectivity index (χ0n) is 22.3. The number of benzene rings is 2. The highest BCUT2D eigenvalue weighted by Gasteiger charge is 2.55. The quantitative estimate of drug-likeness (QED) is 0.185. The molecule has 2 aromatic carbocycles. The van der Waals surface area contributed by atoms with Crippen LogP contribution in [0.1, 0.15) is 45.6 Å². The van der Waals surface area contributed by atoms with Gasteiger partial charge in [-0.15, -0.1) is 0 Å². The molecule has 3 N–H and O–H groups in total. The molecule has 0 unspecified atom stereocenters. The number of imide groups is 1. The summed E-state index contributed by atoms with van der Waals surface area (Å²) < 4.78 is 0. The first-order valence-electron chi connectivity index (χ1n) is 13.1. The lowest BCUT2D eigenvalue weighted by molar-refractivity contribution is -0.384. The number of amides is 2. The van der Waals surface area contributed by atoms with Gasteiger partial charge in [0.15, 0.2) is 0 Å². The van der Waals surface area contributed by atoms with Crippen LogP contribution in [0.3, 0.4) is 0 Å². The summed E-state index contributed by atoms with van der Waals surface area (Å²) in [6.45, 7) is 5.45. The number of phenols is 1.